The number of para-hydroxylation sites is 1. The number of piperidine rings is 3. The topological polar surface area (TPSA) is 22.1 Å². The van der Waals surface area contributed by atoms with Crippen molar-refractivity contribution in [1.29, 1.82) is 0 Å². The lowest BCUT2D eigenvalue weighted by Gasteiger charge is -2.58. The van der Waals surface area contributed by atoms with E-state index in [9.17, 15) is 0 Å². The van der Waals surface area contributed by atoms with Gasteiger partial charge in [-0.15, -0.1) is 13.2 Å². The second-order valence-electron chi connectivity index (χ2n) is 9.48. The number of ether oxygens (including phenoxy) is 1. The maximum atomic E-state index is 6.62. The molecule has 3 aromatic rings. The molecule has 5 atom stereocenters. The molecule has 3 aliphatic heterocycles. The molecule has 2 aromatic carbocycles. The van der Waals surface area contributed by atoms with Crippen molar-refractivity contribution in [2.45, 2.75) is 31.5 Å². The molecule has 164 valence electrons. The Morgan fingerprint density at radius 2 is 1.88 bits per heavy atom. The number of hydrogen-bond donors (Lipinski definition) is 0. The molecule has 3 nitrogen and oxygen atoms in total. The van der Waals surface area contributed by atoms with Gasteiger partial charge in [-0.3, -0.25) is 4.98 Å². The minimum Gasteiger partial charge on any atom is -0.363 e. The Balaban J connectivity index is 1.60. The van der Waals surface area contributed by atoms with Crippen LogP contribution in [0.15, 0.2) is 92.2 Å². The Morgan fingerprint density at radius 1 is 1.06 bits per heavy atom. The largest absolute Gasteiger partial charge is 0.363 e. The van der Waals surface area contributed by atoms with Crippen molar-refractivity contribution in [3.63, 3.8) is 0 Å². The van der Waals surface area contributed by atoms with E-state index in [4.69, 9.17) is 4.74 Å². The molecule has 3 fully saturated rings. The van der Waals surface area contributed by atoms with Gasteiger partial charge in [-0.2, -0.15) is 0 Å². The molecule has 0 aliphatic carbocycles. The lowest BCUT2D eigenvalue weighted by atomic mass is 9.71. The molecular formula is C29H33N2O+. The molecule has 6 rings (SSSR count). The fraction of sp³-hybridized carbons (Fsp3) is 0.345. The van der Waals surface area contributed by atoms with Crippen molar-refractivity contribution < 1.29 is 9.22 Å². The zero-order valence-corrected chi connectivity index (χ0v) is 18.8. The van der Waals surface area contributed by atoms with Crippen LogP contribution < -0.4 is 0 Å². The van der Waals surface area contributed by atoms with Crippen LogP contribution in [0.25, 0.3) is 10.9 Å². The van der Waals surface area contributed by atoms with Gasteiger partial charge in [0, 0.05) is 35.9 Å². The number of nitrogens with zero attached hydrogens (tertiary/aromatic N) is 2. The van der Waals surface area contributed by atoms with Crippen molar-refractivity contribution in [2.75, 3.05) is 19.7 Å². The van der Waals surface area contributed by atoms with Crippen LogP contribution in [0.4, 0.5) is 0 Å². The smallest absolute Gasteiger partial charge is 0.135 e. The van der Waals surface area contributed by atoms with Gasteiger partial charge < -0.3 is 9.22 Å². The Hall–Kier alpha value is -2.75. The molecule has 1 unspecified atom stereocenters. The Morgan fingerprint density at radius 3 is 2.69 bits per heavy atom. The molecule has 3 heteroatoms. The third-order valence-electron chi connectivity index (χ3n) is 7.75. The molecular weight excluding hydrogens is 392 g/mol. The lowest BCUT2D eigenvalue weighted by molar-refractivity contribution is -0.985. The number of fused-ring (bicyclic) bond motifs is 4. The van der Waals surface area contributed by atoms with Crippen LogP contribution >= 0.6 is 0 Å². The highest BCUT2D eigenvalue weighted by atomic mass is 16.5. The minimum absolute atomic E-state index is 0.0122. The zero-order chi connectivity index (χ0) is 22.0. The summed E-state index contributed by atoms with van der Waals surface area (Å²) in [5, 5.41) is 1.20. The van der Waals surface area contributed by atoms with Crippen LogP contribution in [0.1, 0.15) is 30.1 Å². The summed E-state index contributed by atoms with van der Waals surface area (Å²) in [6.07, 6.45) is 8.47. The van der Waals surface area contributed by atoms with Crippen molar-refractivity contribution >= 4 is 10.9 Å². The number of benzene rings is 2. The zero-order valence-electron chi connectivity index (χ0n) is 18.8. The van der Waals surface area contributed by atoms with Crippen LogP contribution in [0, 0.1) is 11.8 Å². The third-order valence-corrected chi connectivity index (χ3v) is 7.75. The van der Waals surface area contributed by atoms with E-state index >= 15 is 0 Å². The number of hydrogen-bond acceptors (Lipinski definition) is 2. The highest BCUT2D eigenvalue weighted by Crippen LogP contribution is 2.49. The van der Waals surface area contributed by atoms with E-state index in [1.54, 1.807) is 0 Å². The van der Waals surface area contributed by atoms with E-state index in [1.807, 2.05) is 12.3 Å². The van der Waals surface area contributed by atoms with E-state index in [1.165, 1.54) is 35.9 Å². The summed E-state index contributed by atoms with van der Waals surface area (Å²) in [5.74, 6) is 1.27. The van der Waals surface area contributed by atoms with Gasteiger partial charge in [0.25, 0.3) is 0 Å². The molecule has 0 amide bonds. The molecule has 0 spiro atoms. The first kappa shape index (κ1) is 21.1. The molecule has 0 radical (unpaired) electrons. The van der Waals surface area contributed by atoms with Gasteiger partial charge in [0.05, 0.1) is 25.2 Å². The van der Waals surface area contributed by atoms with E-state index in [-0.39, 0.29) is 6.10 Å². The van der Waals surface area contributed by atoms with Crippen molar-refractivity contribution in [1.82, 2.24) is 4.98 Å². The van der Waals surface area contributed by atoms with E-state index in [2.05, 4.69) is 84.9 Å². The molecule has 3 aliphatic rings. The van der Waals surface area contributed by atoms with Gasteiger partial charge in [-0.1, -0.05) is 60.7 Å². The Labute approximate surface area is 191 Å². The maximum absolute atomic E-state index is 6.62. The third kappa shape index (κ3) is 3.80. The maximum Gasteiger partial charge on any atom is 0.135 e. The predicted molar refractivity (Wildman–Crippen MR) is 131 cm³/mol. The molecule has 3 saturated heterocycles. The summed E-state index contributed by atoms with van der Waals surface area (Å²) < 4.78 is 7.69. The average Bonchev–Trinajstić information content (AvgIpc) is 2.85. The molecule has 4 heterocycles. The number of aromatic nitrogens is 1. The highest BCUT2D eigenvalue weighted by molar-refractivity contribution is 5.82. The highest BCUT2D eigenvalue weighted by Gasteiger charge is 2.54. The van der Waals surface area contributed by atoms with E-state index in [0.29, 0.717) is 24.5 Å². The van der Waals surface area contributed by atoms with Crippen molar-refractivity contribution in [3.05, 3.63) is 103 Å². The quantitative estimate of drug-likeness (QED) is 0.322. The molecule has 32 heavy (non-hydrogen) atoms. The second kappa shape index (κ2) is 9.01. The summed E-state index contributed by atoms with van der Waals surface area (Å²) >= 11 is 0. The fourth-order valence-corrected chi connectivity index (χ4v) is 6.26. The molecule has 0 saturated carbocycles. The van der Waals surface area contributed by atoms with Gasteiger partial charge in [0.1, 0.15) is 18.7 Å². The van der Waals surface area contributed by atoms with Gasteiger partial charge >= 0.3 is 0 Å². The Kier molecular flexibility index (Phi) is 5.95. The van der Waals surface area contributed by atoms with Gasteiger partial charge in [-0.05, 0) is 23.6 Å². The fourth-order valence-electron chi connectivity index (χ4n) is 6.26. The number of rotatable bonds is 8. The summed E-state index contributed by atoms with van der Waals surface area (Å²) in [4.78, 5) is 4.61. The number of pyridine rings is 1. The van der Waals surface area contributed by atoms with Crippen molar-refractivity contribution in [3.8, 4) is 0 Å². The molecule has 1 aromatic heterocycles. The monoisotopic (exact) mass is 425 g/mol. The van der Waals surface area contributed by atoms with Crippen LogP contribution in [-0.2, 0) is 11.3 Å². The first-order chi connectivity index (χ1) is 15.7. The van der Waals surface area contributed by atoms with E-state index < -0.39 is 0 Å². The summed E-state index contributed by atoms with van der Waals surface area (Å²) in [5.41, 5.74) is 3.70. The van der Waals surface area contributed by atoms with Crippen LogP contribution in [0.5, 0.6) is 0 Å². The predicted octanol–water partition coefficient (Wildman–Crippen LogP) is 6.09. The molecule has 0 N–H and O–H groups in total. The van der Waals surface area contributed by atoms with E-state index in [0.717, 1.165) is 23.1 Å². The normalized spacial score (nSPS) is 27.8. The first-order valence-corrected chi connectivity index (χ1v) is 11.8. The molecule has 2 bridgehead atoms. The van der Waals surface area contributed by atoms with Crippen LogP contribution in [0.2, 0.25) is 0 Å². The minimum atomic E-state index is 0.0122. The lowest BCUT2D eigenvalue weighted by Crippen LogP contribution is -2.67. The van der Waals surface area contributed by atoms with Gasteiger partial charge in [0.15, 0.2) is 0 Å². The van der Waals surface area contributed by atoms with Gasteiger partial charge in [-0.25, -0.2) is 0 Å². The standard InChI is InChI=1S/C29H33N2O/c1-3-18-32-29(26-14-16-30-27-13-9-8-12-25(26)27)28-19-24-15-17-31(28,21-23(24)4-2)20-22-10-6-5-7-11-22/h3-14,16,23-24,28-29H,1-2,15,17-21H2/q+1/t23-,24-,28-,29+,31?/m0/s1. The van der Waals surface area contributed by atoms with Crippen molar-refractivity contribution in [2.24, 2.45) is 11.8 Å². The summed E-state index contributed by atoms with van der Waals surface area (Å²) in [7, 11) is 0. The SMILES string of the molecule is C=CCO[C@H](c1ccnc2ccccc12)[C@@H]1C[C@@H]2CC[N+]1(Cc1ccccc1)C[C@@H]2C=C. The second-order valence-corrected chi connectivity index (χ2v) is 9.48. The summed E-state index contributed by atoms with van der Waals surface area (Å²) in [6.45, 7) is 12.1. The number of quaternary nitrogens is 1. The first-order valence-electron chi connectivity index (χ1n) is 11.8. The summed E-state index contributed by atoms with van der Waals surface area (Å²) in [6, 6.07) is 22.0. The Bertz CT molecular complexity index is 1090. The van der Waals surface area contributed by atoms with Gasteiger partial charge in [0.2, 0.25) is 0 Å². The van der Waals surface area contributed by atoms with Crippen LogP contribution in [-0.4, -0.2) is 35.2 Å². The average molecular weight is 426 g/mol. The van der Waals surface area contributed by atoms with Crippen LogP contribution in [0.3, 0.4) is 0 Å².